The number of benzene rings is 1. The number of aromatic nitrogens is 4. The second-order valence-electron chi connectivity index (χ2n) is 6.25. The quantitative estimate of drug-likeness (QED) is 0.811. The van der Waals surface area contributed by atoms with Gasteiger partial charge in [-0.15, -0.1) is 5.10 Å². The summed E-state index contributed by atoms with van der Waals surface area (Å²) in [4.78, 5) is 15.1. The van der Waals surface area contributed by atoms with Gasteiger partial charge in [0.2, 0.25) is 0 Å². The number of piperidine rings is 1. The second-order valence-corrected chi connectivity index (χ2v) is 6.25. The Morgan fingerprint density at radius 3 is 2.79 bits per heavy atom. The van der Waals surface area contributed by atoms with Crippen LogP contribution in [0.1, 0.15) is 37.6 Å². The minimum atomic E-state index is -0.00703. The Labute approximate surface area is 142 Å². The first-order chi connectivity index (χ1) is 11.7. The maximum Gasteiger partial charge on any atom is 0.272 e. The molecule has 6 heteroatoms. The van der Waals surface area contributed by atoms with Crippen molar-refractivity contribution in [3.8, 4) is 0 Å². The third-order valence-electron chi connectivity index (χ3n) is 4.56. The number of aryl methyl sites for hydroxylation is 1. The Hall–Kier alpha value is -2.50. The number of hydrogen-bond acceptors (Lipinski definition) is 4. The van der Waals surface area contributed by atoms with E-state index >= 15 is 0 Å². The first-order valence-electron chi connectivity index (χ1n) is 8.50. The molecule has 0 aliphatic carbocycles. The average Bonchev–Trinajstić information content (AvgIpc) is 3.06. The lowest BCUT2D eigenvalue weighted by Gasteiger charge is -2.32. The molecule has 1 amide bonds. The standard InChI is InChI=1S/C18H23N5O/c1-3-15-10-7-11-22(13-15)18(24)17(23-14(2)19-20-21-23)12-16-8-5-4-6-9-16/h4-6,8-9,12,15H,3,7,10-11,13H2,1-2H3. The van der Waals surface area contributed by atoms with Crippen molar-refractivity contribution >= 4 is 17.7 Å². The van der Waals surface area contributed by atoms with Crippen molar-refractivity contribution < 1.29 is 4.79 Å². The molecule has 1 unspecified atom stereocenters. The van der Waals surface area contributed by atoms with Crippen LogP contribution in [0.15, 0.2) is 30.3 Å². The predicted octanol–water partition coefficient (Wildman–Crippen LogP) is 2.63. The molecule has 1 aromatic heterocycles. The van der Waals surface area contributed by atoms with E-state index in [9.17, 15) is 4.79 Å². The van der Waals surface area contributed by atoms with Crippen LogP contribution < -0.4 is 0 Å². The van der Waals surface area contributed by atoms with Crippen LogP contribution >= 0.6 is 0 Å². The summed E-state index contributed by atoms with van der Waals surface area (Å²) in [6.45, 7) is 5.59. The number of nitrogens with zero attached hydrogens (tertiary/aromatic N) is 5. The van der Waals surface area contributed by atoms with Crippen LogP contribution in [-0.2, 0) is 4.79 Å². The molecule has 6 nitrogen and oxygen atoms in total. The van der Waals surface area contributed by atoms with Crippen molar-refractivity contribution in [2.75, 3.05) is 13.1 Å². The summed E-state index contributed by atoms with van der Waals surface area (Å²) in [6.07, 6.45) is 5.21. The molecule has 1 aromatic carbocycles. The molecule has 1 aliphatic heterocycles. The van der Waals surface area contributed by atoms with E-state index < -0.39 is 0 Å². The molecule has 0 radical (unpaired) electrons. The van der Waals surface area contributed by atoms with Crippen molar-refractivity contribution in [2.45, 2.75) is 33.1 Å². The fraction of sp³-hybridized carbons (Fsp3) is 0.444. The van der Waals surface area contributed by atoms with Gasteiger partial charge in [-0.2, -0.15) is 4.68 Å². The SMILES string of the molecule is CCC1CCCN(C(=O)C(=Cc2ccccc2)n2nnnc2C)C1. The lowest BCUT2D eigenvalue weighted by atomic mass is 9.95. The highest BCUT2D eigenvalue weighted by Gasteiger charge is 2.27. The van der Waals surface area contributed by atoms with Crippen LogP contribution in [0.2, 0.25) is 0 Å². The molecule has 0 N–H and O–H groups in total. The monoisotopic (exact) mass is 325 g/mol. The lowest BCUT2D eigenvalue weighted by molar-refractivity contribution is -0.127. The molecule has 0 bridgehead atoms. The van der Waals surface area contributed by atoms with Gasteiger partial charge in [0.15, 0.2) is 5.82 Å². The van der Waals surface area contributed by atoms with Gasteiger partial charge in [0.05, 0.1) is 0 Å². The lowest BCUT2D eigenvalue weighted by Crippen LogP contribution is -2.41. The second kappa shape index (κ2) is 7.38. The van der Waals surface area contributed by atoms with Gasteiger partial charge in [-0.05, 0) is 47.7 Å². The molecule has 1 aliphatic rings. The molecule has 2 aromatic rings. The summed E-state index contributed by atoms with van der Waals surface area (Å²) >= 11 is 0. The largest absolute Gasteiger partial charge is 0.337 e. The third-order valence-corrected chi connectivity index (χ3v) is 4.56. The fourth-order valence-electron chi connectivity index (χ4n) is 3.12. The van der Waals surface area contributed by atoms with E-state index in [1.807, 2.05) is 41.3 Å². The van der Waals surface area contributed by atoms with E-state index in [0.29, 0.717) is 17.4 Å². The van der Waals surface area contributed by atoms with Crippen molar-refractivity contribution in [2.24, 2.45) is 5.92 Å². The number of rotatable bonds is 4. The van der Waals surface area contributed by atoms with E-state index in [0.717, 1.165) is 31.5 Å². The zero-order chi connectivity index (χ0) is 16.9. The molecule has 0 saturated carbocycles. The average molecular weight is 325 g/mol. The Bertz CT molecular complexity index is 722. The topological polar surface area (TPSA) is 63.9 Å². The number of carbonyl (C=O) groups is 1. The summed E-state index contributed by atoms with van der Waals surface area (Å²) in [5, 5.41) is 11.6. The van der Waals surface area contributed by atoms with Crippen LogP contribution in [0.4, 0.5) is 0 Å². The van der Waals surface area contributed by atoms with Gasteiger partial charge in [0.1, 0.15) is 5.70 Å². The van der Waals surface area contributed by atoms with Crippen molar-refractivity contribution in [3.63, 3.8) is 0 Å². The maximum absolute atomic E-state index is 13.2. The summed E-state index contributed by atoms with van der Waals surface area (Å²) in [7, 11) is 0. The zero-order valence-electron chi connectivity index (χ0n) is 14.2. The highest BCUT2D eigenvalue weighted by atomic mass is 16.2. The van der Waals surface area contributed by atoms with Gasteiger partial charge in [-0.25, -0.2) is 0 Å². The Kier molecular flexibility index (Phi) is 5.03. The normalized spacial score (nSPS) is 18.7. The number of hydrogen-bond donors (Lipinski definition) is 0. The van der Waals surface area contributed by atoms with Crippen molar-refractivity contribution in [1.29, 1.82) is 0 Å². The molecule has 126 valence electrons. The third kappa shape index (κ3) is 3.53. The molecular formula is C18H23N5O. The van der Waals surface area contributed by atoms with Gasteiger partial charge < -0.3 is 4.90 Å². The van der Waals surface area contributed by atoms with Crippen LogP contribution in [-0.4, -0.2) is 44.1 Å². The Morgan fingerprint density at radius 1 is 1.33 bits per heavy atom. The van der Waals surface area contributed by atoms with Crippen LogP contribution in [0.25, 0.3) is 11.8 Å². The molecular weight excluding hydrogens is 302 g/mol. The summed E-state index contributed by atoms with van der Waals surface area (Å²) in [6, 6.07) is 9.80. The summed E-state index contributed by atoms with van der Waals surface area (Å²) in [5.41, 5.74) is 1.46. The van der Waals surface area contributed by atoms with E-state index in [1.165, 1.54) is 11.1 Å². The first-order valence-corrected chi connectivity index (χ1v) is 8.50. The van der Waals surface area contributed by atoms with Crippen LogP contribution in [0.5, 0.6) is 0 Å². The molecule has 1 fully saturated rings. The van der Waals surface area contributed by atoms with Gasteiger partial charge in [-0.3, -0.25) is 4.79 Å². The van der Waals surface area contributed by atoms with Gasteiger partial charge >= 0.3 is 0 Å². The minimum absolute atomic E-state index is 0.00703. The first kappa shape index (κ1) is 16.4. The highest BCUT2D eigenvalue weighted by molar-refractivity contribution is 6.18. The fourth-order valence-corrected chi connectivity index (χ4v) is 3.12. The zero-order valence-corrected chi connectivity index (χ0v) is 14.2. The number of likely N-dealkylation sites (tertiary alicyclic amines) is 1. The minimum Gasteiger partial charge on any atom is -0.337 e. The molecule has 24 heavy (non-hydrogen) atoms. The van der Waals surface area contributed by atoms with Gasteiger partial charge in [0.25, 0.3) is 5.91 Å². The van der Waals surface area contributed by atoms with Crippen LogP contribution in [0, 0.1) is 12.8 Å². The number of tetrazole rings is 1. The van der Waals surface area contributed by atoms with E-state index in [1.54, 1.807) is 6.92 Å². The Morgan fingerprint density at radius 2 is 2.12 bits per heavy atom. The molecule has 0 spiro atoms. The predicted molar refractivity (Wildman–Crippen MR) is 92.8 cm³/mol. The summed E-state index contributed by atoms with van der Waals surface area (Å²) < 4.78 is 1.53. The van der Waals surface area contributed by atoms with E-state index in [4.69, 9.17) is 0 Å². The van der Waals surface area contributed by atoms with Gasteiger partial charge in [0, 0.05) is 13.1 Å². The number of carbonyl (C=O) groups excluding carboxylic acids is 1. The molecule has 1 saturated heterocycles. The van der Waals surface area contributed by atoms with Crippen LogP contribution in [0.3, 0.4) is 0 Å². The highest BCUT2D eigenvalue weighted by Crippen LogP contribution is 2.23. The maximum atomic E-state index is 13.2. The van der Waals surface area contributed by atoms with E-state index in [2.05, 4.69) is 22.4 Å². The number of amides is 1. The smallest absolute Gasteiger partial charge is 0.272 e. The van der Waals surface area contributed by atoms with Crippen molar-refractivity contribution in [3.05, 3.63) is 41.7 Å². The molecule has 3 rings (SSSR count). The van der Waals surface area contributed by atoms with Gasteiger partial charge in [-0.1, -0.05) is 43.7 Å². The van der Waals surface area contributed by atoms with E-state index in [-0.39, 0.29) is 5.91 Å². The van der Waals surface area contributed by atoms with Crippen molar-refractivity contribution in [1.82, 2.24) is 25.1 Å². The molecule has 1 atom stereocenters. The molecule has 2 heterocycles. The summed E-state index contributed by atoms with van der Waals surface area (Å²) in [5.74, 6) is 1.18. The Balaban J connectivity index is 1.94.